The molecule has 4 amide bonds. The highest BCUT2D eigenvalue weighted by Crippen LogP contribution is 2.29. The van der Waals surface area contributed by atoms with Crippen molar-refractivity contribution in [3.63, 3.8) is 0 Å². The van der Waals surface area contributed by atoms with E-state index in [1.165, 1.54) is 30.2 Å². The van der Waals surface area contributed by atoms with Crippen molar-refractivity contribution in [2.24, 2.45) is 0 Å². The lowest BCUT2D eigenvalue weighted by Gasteiger charge is -2.32. The number of hydrogen-bond acceptors (Lipinski definition) is 4. The van der Waals surface area contributed by atoms with Crippen LogP contribution in [0.15, 0.2) is 42.6 Å². The maximum atomic E-state index is 14.2. The summed E-state index contributed by atoms with van der Waals surface area (Å²) in [5.41, 5.74) is 1.33. The van der Waals surface area contributed by atoms with E-state index in [2.05, 4.69) is 10.6 Å². The Morgan fingerprint density at radius 1 is 1.14 bits per heavy atom. The van der Waals surface area contributed by atoms with Gasteiger partial charge in [-0.1, -0.05) is 29.8 Å². The quantitative estimate of drug-likeness (QED) is 0.311. The molecule has 1 fully saturated rings. The third-order valence-electron chi connectivity index (χ3n) is 7.26. The Morgan fingerprint density at radius 2 is 1.88 bits per heavy atom. The van der Waals surface area contributed by atoms with Gasteiger partial charge in [0, 0.05) is 53.9 Å². The average molecular weight is 620 g/mol. The van der Waals surface area contributed by atoms with E-state index in [1.807, 2.05) is 0 Å². The Kier molecular flexibility index (Phi) is 9.69. The third kappa shape index (κ3) is 7.67. The van der Waals surface area contributed by atoms with E-state index in [0.717, 1.165) is 4.90 Å². The Morgan fingerprint density at radius 3 is 2.56 bits per heavy atom. The molecule has 1 saturated heterocycles. The molecule has 1 aliphatic rings. The molecule has 13 heteroatoms. The molecule has 1 aliphatic heterocycles. The average Bonchev–Trinajstić information content (AvgIpc) is 3.29. The molecule has 43 heavy (non-hydrogen) atoms. The minimum atomic E-state index is -2.95. The van der Waals surface area contributed by atoms with Gasteiger partial charge in [0.1, 0.15) is 12.4 Å². The van der Waals surface area contributed by atoms with Crippen LogP contribution in [0.1, 0.15) is 49.5 Å². The summed E-state index contributed by atoms with van der Waals surface area (Å²) in [5.74, 6) is -4.74. The minimum Gasteiger partial charge on any atom is -0.350 e. The largest absolute Gasteiger partial charge is 0.350 e. The van der Waals surface area contributed by atoms with Crippen LogP contribution in [0.5, 0.6) is 0 Å². The summed E-state index contributed by atoms with van der Waals surface area (Å²) in [6, 6.07) is 8.18. The van der Waals surface area contributed by atoms with Crippen molar-refractivity contribution in [1.82, 2.24) is 19.7 Å². The van der Waals surface area contributed by atoms with E-state index in [9.17, 15) is 32.3 Å². The second-order valence-electron chi connectivity index (χ2n) is 10.9. The fourth-order valence-corrected chi connectivity index (χ4v) is 5.20. The zero-order valence-electron chi connectivity index (χ0n) is 24.1. The first-order valence-electron chi connectivity index (χ1n) is 13.8. The van der Waals surface area contributed by atoms with Crippen molar-refractivity contribution >= 4 is 51.8 Å². The number of benzene rings is 2. The van der Waals surface area contributed by atoms with Crippen molar-refractivity contribution in [2.45, 2.75) is 58.7 Å². The number of carbonyl (C=O) groups is 4. The summed E-state index contributed by atoms with van der Waals surface area (Å²) in [5, 5.41) is 5.72. The molecule has 3 aromatic rings. The molecule has 0 bridgehead atoms. The van der Waals surface area contributed by atoms with Crippen LogP contribution in [0.3, 0.4) is 0 Å². The highest BCUT2D eigenvalue weighted by atomic mass is 35.5. The predicted molar refractivity (Wildman–Crippen MR) is 157 cm³/mol. The van der Waals surface area contributed by atoms with Gasteiger partial charge < -0.3 is 25.0 Å². The molecule has 2 heterocycles. The van der Waals surface area contributed by atoms with E-state index in [1.54, 1.807) is 42.7 Å². The van der Waals surface area contributed by atoms with Crippen molar-refractivity contribution in [3.05, 3.63) is 64.6 Å². The van der Waals surface area contributed by atoms with Gasteiger partial charge in [-0.05, 0) is 45.4 Å². The molecule has 0 saturated carbocycles. The van der Waals surface area contributed by atoms with Crippen LogP contribution >= 0.6 is 11.6 Å². The fourth-order valence-electron chi connectivity index (χ4n) is 5.01. The molecule has 4 rings (SSSR count). The SMILES string of the molecule is CC(=O)c1cn(CC(=O)N(CC(=O)NCc2cccc(Cl)c2F)C(C)C)c2cc(NC(=O)N3CCCC(F)(F)C3)ccc12. The van der Waals surface area contributed by atoms with E-state index in [0.29, 0.717) is 22.2 Å². The van der Waals surface area contributed by atoms with Gasteiger partial charge in [-0.2, -0.15) is 0 Å². The summed E-state index contributed by atoms with van der Waals surface area (Å²) < 4.78 is 43.4. The van der Waals surface area contributed by atoms with Gasteiger partial charge in [-0.15, -0.1) is 0 Å². The van der Waals surface area contributed by atoms with Crippen LogP contribution in [0.2, 0.25) is 5.02 Å². The summed E-state index contributed by atoms with van der Waals surface area (Å²) in [4.78, 5) is 53.6. The van der Waals surface area contributed by atoms with Gasteiger partial charge in [0.05, 0.1) is 23.6 Å². The van der Waals surface area contributed by atoms with Crippen molar-refractivity contribution in [3.8, 4) is 0 Å². The van der Waals surface area contributed by atoms with Gasteiger partial charge in [0.2, 0.25) is 11.8 Å². The number of nitrogens with zero attached hydrogens (tertiary/aromatic N) is 3. The number of likely N-dealkylation sites (tertiary alicyclic amines) is 1. The molecule has 0 atom stereocenters. The molecule has 1 aromatic heterocycles. The van der Waals surface area contributed by atoms with Gasteiger partial charge in [0.15, 0.2) is 5.78 Å². The zero-order valence-corrected chi connectivity index (χ0v) is 24.8. The van der Waals surface area contributed by atoms with Crippen LogP contribution in [0, 0.1) is 5.82 Å². The van der Waals surface area contributed by atoms with E-state index < -0.39 is 36.1 Å². The Balaban J connectivity index is 1.50. The van der Waals surface area contributed by atoms with Crippen LogP contribution in [-0.4, -0.2) is 69.6 Å². The van der Waals surface area contributed by atoms with Crippen LogP contribution in [0.4, 0.5) is 23.7 Å². The number of nitrogens with one attached hydrogen (secondary N) is 2. The standard InChI is InChI=1S/C30H33ClF3N5O4/c1-18(2)39(15-26(41)35-13-20-6-4-7-24(31)28(20)32)27(42)16-38-14-23(19(3)40)22-9-8-21(12-25(22)38)36-29(43)37-11-5-10-30(33,34)17-37/h4,6-9,12,14,18H,5,10-11,13,15-17H2,1-3H3,(H,35,41)(H,36,43). The summed E-state index contributed by atoms with van der Waals surface area (Å²) in [7, 11) is 0. The topological polar surface area (TPSA) is 104 Å². The van der Waals surface area contributed by atoms with Crippen molar-refractivity contribution < 1.29 is 32.3 Å². The van der Waals surface area contributed by atoms with Crippen LogP contribution in [0.25, 0.3) is 10.9 Å². The molecule has 2 N–H and O–H groups in total. The monoisotopic (exact) mass is 619 g/mol. The van der Waals surface area contributed by atoms with Crippen LogP contribution in [-0.2, 0) is 22.7 Å². The summed E-state index contributed by atoms with van der Waals surface area (Å²) in [6.07, 6.45) is 1.45. The Labute approximate surface area is 251 Å². The number of alkyl halides is 2. The van der Waals surface area contributed by atoms with Crippen molar-refractivity contribution in [1.29, 1.82) is 0 Å². The number of Topliss-reactive ketones (excluding diaryl/α,β-unsaturated/α-hetero) is 1. The summed E-state index contributed by atoms with van der Waals surface area (Å²) in [6.45, 7) is 3.78. The van der Waals surface area contributed by atoms with Gasteiger partial charge in [0.25, 0.3) is 5.92 Å². The third-order valence-corrected chi connectivity index (χ3v) is 7.56. The van der Waals surface area contributed by atoms with Crippen molar-refractivity contribution in [2.75, 3.05) is 25.0 Å². The number of amides is 4. The molecule has 230 valence electrons. The minimum absolute atomic E-state index is 0.0645. The molecular weight excluding hydrogens is 587 g/mol. The number of hydrogen-bond donors (Lipinski definition) is 2. The number of anilines is 1. The first-order valence-corrected chi connectivity index (χ1v) is 14.2. The van der Waals surface area contributed by atoms with Crippen LogP contribution < -0.4 is 10.6 Å². The smallest absolute Gasteiger partial charge is 0.322 e. The highest BCUT2D eigenvalue weighted by Gasteiger charge is 2.37. The zero-order chi connectivity index (χ0) is 31.5. The molecule has 0 unspecified atom stereocenters. The fraction of sp³-hybridized carbons (Fsp3) is 0.400. The number of halogens is 4. The second-order valence-corrected chi connectivity index (χ2v) is 11.3. The normalized spacial score (nSPS) is 14.6. The number of fused-ring (bicyclic) bond motifs is 1. The number of rotatable bonds is 9. The lowest BCUT2D eigenvalue weighted by atomic mass is 10.1. The first kappa shape index (κ1) is 31.9. The maximum absolute atomic E-state index is 14.2. The Hall–Kier alpha value is -4.06. The molecule has 2 aromatic carbocycles. The number of aromatic nitrogens is 1. The molecule has 9 nitrogen and oxygen atoms in total. The lowest BCUT2D eigenvalue weighted by molar-refractivity contribution is -0.138. The molecule has 0 radical (unpaired) electrons. The number of carbonyl (C=O) groups excluding carboxylic acids is 4. The number of piperidine rings is 1. The number of ketones is 1. The molecule has 0 spiro atoms. The predicted octanol–water partition coefficient (Wildman–Crippen LogP) is 5.45. The number of urea groups is 1. The van der Waals surface area contributed by atoms with Gasteiger partial charge in [-0.25, -0.2) is 18.0 Å². The summed E-state index contributed by atoms with van der Waals surface area (Å²) >= 11 is 5.80. The van der Waals surface area contributed by atoms with Gasteiger partial charge in [-0.3, -0.25) is 14.4 Å². The van der Waals surface area contributed by atoms with E-state index in [4.69, 9.17) is 11.6 Å². The lowest BCUT2D eigenvalue weighted by Crippen LogP contribution is -2.47. The van der Waals surface area contributed by atoms with E-state index in [-0.39, 0.29) is 61.4 Å². The Bertz CT molecular complexity index is 1560. The molecular formula is C30H33ClF3N5O4. The first-order chi connectivity index (χ1) is 20.3. The highest BCUT2D eigenvalue weighted by molar-refractivity contribution is 6.30. The molecule has 0 aliphatic carbocycles. The maximum Gasteiger partial charge on any atom is 0.322 e. The van der Waals surface area contributed by atoms with E-state index >= 15 is 0 Å². The van der Waals surface area contributed by atoms with Gasteiger partial charge >= 0.3 is 6.03 Å². The second kappa shape index (κ2) is 13.1.